The van der Waals surface area contributed by atoms with E-state index in [1.165, 1.54) is 0 Å². The fourth-order valence-electron chi connectivity index (χ4n) is 2.14. The molecule has 1 heterocycles. The third kappa shape index (κ3) is 3.08. The average Bonchev–Trinajstić information content (AvgIpc) is 2.25. The van der Waals surface area contributed by atoms with Gasteiger partial charge in [-0.05, 0) is 26.2 Å². The molecule has 1 N–H and O–H groups in total. The SMILES string of the molecule is C=CCCC(=O)N1CCC(C(=O)O)CC1C. The second-order valence-electron chi connectivity index (χ2n) is 4.32. The topological polar surface area (TPSA) is 57.6 Å². The Morgan fingerprint density at radius 2 is 2.25 bits per heavy atom. The summed E-state index contributed by atoms with van der Waals surface area (Å²) in [6.07, 6.45) is 4.03. The van der Waals surface area contributed by atoms with Crippen molar-refractivity contribution in [2.75, 3.05) is 6.54 Å². The van der Waals surface area contributed by atoms with Gasteiger partial charge in [0.25, 0.3) is 0 Å². The van der Waals surface area contributed by atoms with Crippen LogP contribution in [-0.2, 0) is 9.59 Å². The molecule has 4 nitrogen and oxygen atoms in total. The molecule has 90 valence electrons. The van der Waals surface area contributed by atoms with E-state index in [1.54, 1.807) is 11.0 Å². The lowest BCUT2D eigenvalue weighted by Crippen LogP contribution is -2.45. The molecule has 0 saturated carbocycles. The maximum absolute atomic E-state index is 11.8. The van der Waals surface area contributed by atoms with Gasteiger partial charge in [0, 0.05) is 19.0 Å². The second kappa shape index (κ2) is 5.68. The van der Waals surface area contributed by atoms with Crippen LogP contribution in [-0.4, -0.2) is 34.5 Å². The molecule has 2 atom stereocenters. The van der Waals surface area contributed by atoms with Crippen LogP contribution >= 0.6 is 0 Å². The Balaban J connectivity index is 2.49. The average molecular weight is 225 g/mol. The summed E-state index contributed by atoms with van der Waals surface area (Å²) in [5.74, 6) is -0.931. The lowest BCUT2D eigenvalue weighted by atomic mass is 9.91. The Bertz CT molecular complexity index is 288. The van der Waals surface area contributed by atoms with Gasteiger partial charge < -0.3 is 10.0 Å². The number of hydrogen-bond donors (Lipinski definition) is 1. The summed E-state index contributed by atoms with van der Waals surface area (Å²) in [6, 6.07) is 0.0344. The number of carboxylic acid groups (broad SMARTS) is 1. The molecule has 2 unspecified atom stereocenters. The number of carboxylic acids is 1. The maximum atomic E-state index is 11.8. The van der Waals surface area contributed by atoms with Gasteiger partial charge in [0.05, 0.1) is 5.92 Å². The van der Waals surface area contributed by atoms with Gasteiger partial charge in [-0.25, -0.2) is 0 Å². The zero-order valence-corrected chi connectivity index (χ0v) is 9.69. The molecule has 0 radical (unpaired) electrons. The predicted octanol–water partition coefficient (Wildman–Crippen LogP) is 1.66. The van der Waals surface area contributed by atoms with E-state index in [0.717, 1.165) is 0 Å². The number of allylic oxidation sites excluding steroid dienone is 1. The Morgan fingerprint density at radius 1 is 1.56 bits per heavy atom. The Kier molecular flexibility index (Phi) is 4.52. The largest absolute Gasteiger partial charge is 0.481 e. The molecular formula is C12H19NO3. The van der Waals surface area contributed by atoms with Crippen LogP contribution in [0.25, 0.3) is 0 Å². The molecule has 4 heteroatoms. The molecule has 0 aromatic carbocycles. The first-order chi connectivity index (χ1) is 7.56. The predicted molar refractivity (Wildman–Crippen MR) is 61.0 cm³/mol. The molecule has 0 aromatic heterocycles. The van der Waals surface area contributed by atoms with Crippen LogP contribution in [0.1, 0.15) is 32.6 Å². The van der Waals surface area contributed by atoms with Crippen LogP contribution in [0.2, 0.25) is 0 Å². The molecular weight excluding hydrogens is 206 g/mol. The number of amides is 1. The van der Waals surface area contributed by atoms with Crippen molar-refractivity contribution in [3.8, 4) is 0 Å². The van der Waals surface area contributed by atoms with Gasteiger partial charge in [-0.3, -0.25) is 9.59 Å². The van der Waals surface area contributed by atoms with E-state index in [1.807, 2.05) is 6.92 Å². The maximum Gasteiger partial charge on any atom is 0.306 e. The van der Waals surface area contributed by atoms with Crippen molar-refractivity contribution in [2.45, 2.75) is 38.6 Å². The van der Waals surface area contributed by atoms with Gasteiger partial charge in [0.2, 0.25) is 5.91 Å². The number of piperidine rings is 1. The number of carbonyl (C=O) groups excluding carboxylic acids is 1. The lowest BCUT2D eigenvalue weighted by Gasteiger charge is -2.36. The summed E-state index contributed by atoms with van der Waals surface area (Å²) in [4.78, 5) is 24.4. The highest BCUT2D eigenvalue weighted by Crippen LogP contribution is 2.23. The van der Waals surface area contributed by atoms with Crippen LogP contribution in [0.5, 0.6) is 0 Å². The zero-order chi connectivity index (χ0) is 12.1. The molecule has 0 aliphatic carbocycles. The quantitative estimate of drug-likeness (QED) is 0.740. The van der Waals surface area contributed by atoms with Gasteiger partial charge in [0.1, 0.15) is 0 Å². The van der Waals surface area contributed by atoms with Crippen LogP contribution in [0.3, 0.4) is 0 Å². The van der Waals surface area contributed by atoms with Crippen molar-refractivity contribution in [1.82, 2.24) is 4.90 Å². The van der Waals surface area contributed by atoms with Crippen molar-refractivity contribution in [1.29, 1.82) is 0 Å². The zero-order valence-electron chi connectivity index (χ0n) is 9.69. The summed E-state index contributed by atoms with van der Waals surface area (Å²) >= 11 is 0. The van der Waals surface area contributed by atoms with Gasteiger partial charge in [-0.2, -0.15) is 0 Å². The van der Waals surface area contributed by atoms with E-state index < -0.39 is 5.97 Å². The molecule has 0 spiro atoms. The van der Waals surface area contributed by atoms with Crippen molar-refractivity contribution in [3.05, 3.63) is 12.7 Å². The van der Waals surface area contributed by atoms with E-state index in [0.29, 0.717) is 32.2 Å². The molecule has 1 amide bonds. The third-order valence-electron chi connectivity index (χ3n) is 3.11. The van der Waals surface area contributed by atoms with E-state index in [2.05, 4.69) is 6.58 Å². The second-order valence-corrected chi connectivity index (χ2v) is 4.32. The first-order valence-electron chi connectivity index (χ1n) is 5.69. The monoisotopic (exact) mass is 225 g/mol. The number of nitrogens with zero attached hydrogens (tertiary/aromatic N) is 1. The highest BCUT2D eigenvalue weighted by atomic mass is 16.4. The van der Waals surface area contributed by atoms with E-state index in [9.17, 15) is 9.59 Å². The minimum absolute atomic E-state index is 0.0344. The minimum Gasteiger partial charge on any atom is -0.481 e. The Labute approximate surface area is 95.9 Å². The molecule has 1 rings (SSSR count). The fourth-order valence-corrected chi connectivity index (χ4v) is 2.14. The third-order valence-corrected chi connectivity index (χ3v) is 3.11. The standard InChI is InChI=1S/C12H19NO3/c1-3-4-5-11(14)13-7-6-10(12(15)16)8-9(13)2/h3,9-10H,1,4-8H2,2H3,(H,15,16). The summed E-state index contributed by atoms with van der Waals surface area (Å²) < 4.78 is 0. The normalized spacial score (nSPS) is 25.2. The van der Waals surface area contributed by atoms with Crippen LogP contribution < -0.4 is 0 Å². The Morgan fingerprint density at radius 3 is 2.75 bits per heavy atom. The minimum atomic E-state index is -0.745. The van der Waals surface area contributed by atoms with E-state index >= 15 is 0 Å². The van der Waals surface area contributed by atoms with E-state index in [-0.39, 0.29) is 17.9 Å². The summed E-state index contributed by atoms with van der Waals surface area (Å²) in [5.41, 5.74) is 0. The summed E-state index contributed by atoms with van der Waals surface area (Å²) in [6.45, 7) is 6.06. The van der Waals surface area contributed by atoms with Crippen LogP contribution in [0.15, 0.2) is 12.7 Å². The molecule has 0 bridgehead atoms. The number of hydrogen-bond acceptors (Lipinski definition) is 2. The van der Waals surface area contributed by atoms with Crippen LogP contribution in [0.4, 0.5) is 0 Å². The molecule has 1 aliphatic heterocycles. The van der Waals surface area contributed by atoms with Gasteiger partial charge in [0.15, 0.2) is 0 Å². The number of aliphatic carboxylic acids is 1. The smallest absolute Gasteiger partial charge is 0.306 e. The van der Waals surface area contributed by atoms with E-state index in [4.69, 9.17) is 5.11 Å². The van der Waals surface area contributed by atoms with Crippen molar-refractivity contribution >= 4 is 11.9 Å². The number of likely N-dealkylation sites (tertiary alicyclic amines) is 1. The number of carbonyl (C=O) groups is 2. The molecule has 1 aliphatic rings. The highest BCUT2D eigenvalue weighted by molar-refractivity contribution is 5.77. The van der Waals surface area contributed by atoms with Crippen molar-refractivity contribution in [3.63, 3.8) is 0 Å². The Hall–Kier alpha value is -1.32. The highest BCUT2D eigenvalue weighted by Gasteiger charge is 2.31. The fraction of sp³-hybridized carbons (Fsp3) is 0.667. The van der Waals surface area contributed by atoms with Crippen LogP contribution in [0, 0.1) is 5.92 Å². The van der Waals surface area contributed by atoms with Crippen molar-refractivity contribution < 1.29 is 14.7 Å². The number of rotatable bonds is 4. The van der Waals surface area contributed by atoms with Gasteiger partial charge in [-0.15, -0.1) is 6.58 Å². The van der Waals surface area contributed by atoms with Crippen molar-refractivity contribution in [2.24, 2.45) is 5.92 Å². The first-order valence-corrected chi connectivity index (χ1v) is 5.69. The lowest BCUT2D eigenvalue weighted by molar-refractivity contribution is -0.147. The first kappa shape index (κ1) is 12.7. The molecule has 1 fully saturated rings. The van der Waals surface area contributed by atoms with Gasteiger partial charge in [-0.1, -0.05) is 6.08 Å². The molecule has 1 saturated heterocycles. The molecule has 0 aromatic rings. The molecule has 16 heavy (non-hydrogen) atoms. The summed E-state index contributed by atoms with van der Waals surface area (Å²) in [5, 5.41) is 8.91. The summed E-state index contributed by atoms with van der Waals surface area (Å²) in [7, 11) is 0. The van der Waals surface area contributed by atoms with Gasteiger partial charge >= 0.3 is 5.97 Å².